The topological polar surface area (TPSA) is 3.24 Å². The molecule has 1 nitrogen and oxygen atoms in total. The minimum atomic E-state index is -0.205. The summed E-state index contributed by atoms with van der Waals surface area (Å²) in [6.07, 6.45) is 1.04. The first kappa shape index (κ1) is 11.6. The van der Waals surface area contributed by atoms with E-state index in [9.17, 15) is 4.39 Å². The fraction of sp³-hybridized carbons (Fsp3) is 0.200. The van der Waals surface area contributed by atoms with Crippen molar-refractivity contribution in [1.29, 1.82) is 0 Å². The largest absolute Gasteiger partial charge is 0.345 e. The van der Waals surface area contributed by atoms with Gasteiger partial charge in [0, 0.05) is 18.4 Å². The van der Waals surface area contributed by atoms with Gasteiger partial charge in [-0.15, -0.1) is 0 Å². The predicted molar refractivity (Wildman–Crippen MR) is 70.3 cm³/mol. The van der Waals surface area contributed by atoms with E-state index in [-0.39, 0.29) is 5.82 Å². The second-order valence-electron chi connectivity index (χ2n) is 4.06. The van der Waals surface area contributed by atoms with Crippen molar-refractivity contribution >= 4 is 11.4 Å². The molecule has 88 valence electrons. The van der Waals surface area contributed by atoms with Gasteiger partial charge in [-0.05, 0) is 48.4 Å². The van der Waals surface area contributed by atoms with Crippen molar-refractivity contribution in [2.45, 2.75) is 13.3 Å². The van der Waals surface area contributed by atoms with Crippen molar-refractivity contribution < 1.29 is 4.39 Å². The molecule has 0 aliphatic carbocycles. The van der Waals surface area contributed by atoms with Gasteiger partial charge in [-0.3, -0.25) is 0 Å². The van der Waals surface area contributed by atoms with Crippen molar-refractivity contribution in [1.82, 2.24) is 0 Å². The van der Waals surface area contributed by atoms with Crippen molar-refractivity contribution in [2.24, 2.45) is 0 Å². The zero-order chi connectivity index (χ0) is 12.3. The molecule has 0 bridgehead atoms. The van der Waals surface area contributed by atoms with Gasteiger partial charge in [0.1, 0.15) is 5.82 Å². The quantitative estimate of drug-likeness (QED) is 0.764. The second-order valence-corrected chi connectivity index (χ2v) is 4.06. The molecule has 0 aromatic heterocycles. The number of nitrogens with zero attached hydrogens (tertiary/aromatic N) is 1. The van der Waals surface area contributed by atoms with Crippen LogP contribution in [-0.2, 0) is 6.42 Å². The first-order valence-electron chi connectivity index (χ1n) is 5.79. The molecule has 17 heavy (non-hydrogen) atoms. The lowest BCUT2D eigenvalue weighted by Gasteiger charge is -2.19. The molecule has 0 radical (unpaired) electrons. The Morgan fingerprint density at radius 3 is 1.82 bits per heavy atom. The Kier molecular flexibility index (Phi) is 3.43. The van der Waals surface area contributed by atoms with E-state index in [2.05, 4.69) is 31.2 Å². The number of aryl methyl sites for hydroxylation is 1. The fourth-order valence-corrected chi connectivity index (χ4v) is 1.77. The molecule has 0 saturated heterocycles. The number of anilines is 2. The molecule has 0 aliphatic rings. The van der Waals surface area contributed by atoms with Crippen LogP contribution in [0.15, 0.2) is 48.5 Å². The van der Waals surface area contributed by atoms with Crippen LogP contribution in [0.2, 0.25) is 0 Å². The van der Waals surface area contributed by atoms with E-state index in [1.54, 1.807) is 12.1 Å². The Labute approximate surface area is 102 Å². The maximum absolute atomic E-state index is 12.8. The van der Waals surface area contributed by atoms with E-state index in [1.165, 1.54) is 17.7 Å². The third-order valence-electron chi connectivity index (χ3n) is 2.95. The van der Waals surface area contributed by atoms with Gasteiger partial charge in [-0.25, -0.2) is 4.39 Å². The van der Waals surface area contributed by atoms with Crippen LogP contribution in [0, 0.1) is 5.82 Å². The van der Waals surface area contributed by atoms with Gasteiger partial charge in [0.2, 0.25) is 0 Å². The van der Waals surface area contributed by atoms with E-state index < -0.39 is 0 Å². The highest BCUT2D eigenvalue weighted by Crippen LogP contribution is 2.23. The molecule has 2 heteroatoms. The molecule has 0 atom stereocenters. The minimum Gasteiger partial charge on any atom is -0.345 e. The third kappa shape index (κ3) is 2.64. The van der Waals surface area contributed by atoms with E-state index in [4.69, 9.17) is 0 Å². The van der Waals surface area contributed by atoms with Crippen LogP contribution in [0.4, 0.5) is 15.8 Å². The summed E-state index contributed by atoms with van der Waals surface area (Å²) >= 11 is 0. The maximum atomic E-state index is 12.8. The summed E-state index contributed by atoms with van der Waals surface area (Å²) in [6.45, 7) is 2.14. The molecular weight excluding hydrogens is 213 g/mol. The van der Waals surface area contributed by atoms with Crippen LogP contribution in [0.3, 0.4) is 0 Å². The minimum absolute atomic E-state index is 0.205. The SMILES string of the molecule is CCc1ccc(N(C)c2ccc(F)cc2)cc1. The summed E-state index contributed by atoms with van der Waals surface area (Å²) in [5.41, 5.74) is 3.41. The first-order chi connectivity index (χ1) is 8.20. The van der Waals surface area contributed by atoms with Crippen molar-refractivity contribution in [3.63, 3.8) is 0 Å². The smallest absolute Gasteiger partial charge is 0.123 e. The molecule has 2 aromatic rings. The Morgan fingerprint density at radius 1 is 0.882 bits per heavy atom. The summed E-state index contributed by atoms with van der Waals surface area (Å²) in [5.74, 6) is -0.205. The van der Waals surface area contributed by atoms with Crippen molar-refractivity contribution in [3.05, 3.63) is 59.9 Å². The molecule has 0 aliphatic heterocycles. The zero-order valence-electron chi connectivity index (χ0n) is 10.2. The predicted octanol–water partition coefficient (Wildman–Crippen LogP) is 4.16. The lowest BCUT2D eigenvalue weighted by atomic mass is 10.1. The van der Waals surface area contributed by atoms with E-state index in [1.807, 2.05) is 11.9 Å². The maximum Gasteiger partial charge on any atom is 0.123 e. The Morgan fingerprint density at radius 2 is 1.35 bits per heavy atom. The molecule has 0 heterocycles. The Balaban J connectivity index is 2.23. The van der Waals surface area contributed by atoms with Crippen LogP contribution in [0.1, 0.15) is 12.5 Å². The Hall–Kier alpha value is -1.83. The summed E-state index contributed by atoms with van der Waals surface area (Å²) in [4.78, 5) is 2.04. The van der Waals surface area contributed by atoms with Gasteiger partial charge in [0.05, 0.1) is 0 Å². The summed E-state index contributed by atoms with van der Waals surface area (Å²) in [6, 6.07) is 14.9. The van der Waals surface area contributed by atoms with Crippen LogP contribution in [-0.4, -0.2) is 7.05 Å². The first-order valence-corrected chi connectivity index (χ1v) is 5.79. The molecular formula is C15H16FN. The number of benzene rings is 2. The van der Waals surface area contributed by atoms with Gasteiger partial charge in [-0.1, -0.05) is 19.1 Å². The van der Waals surface area contributed by atoms with Gasteiger partial charge in [0.15, 0.2) is 0 Å². The average Bonchev–Trinajstić information content (AvgIpc) is 2.39. The fourth-order valence-electron chi connectivity index (χ4n) is 1.77. The average molecular weight is 229 g/mol. The number of hydrogen-bond acceptors (Lipinski definition) is 1. The third-order valence-corrected chi connectivity index (χ3v) is 2.95. The van der Waals surface area contributed by atoms with Crippen LogP contribution >= 0.6 is 0 Å². The molecule has 0 N–H and O–H groups in total. The van der Waals surface area contributed by atoms with Gasteiger partial charge >= 0.3 is 0 Å². The van der Waals surface area contributed by atoms with Gasteiger partial charge < -0.3 is 4.90 Å². The molecule has 2 aromatic carbocycles. The lowest BCUT2D eigenvalue weighted by Crippen LogP contribution is -2.09. The highest BCUT2D eigenvalue weighted by molar-refractivity contribution is 5.62. The van der Waals surface area contributed by atoms with E-state index in [0.29, 0.717) is 0 Å². The zero-order valence-corrected chi connectivity index (χ0v) is 10.2. The van der Waals surface area contributed by atoms with E-state index in [0.717, 1.165) is 17.8 Å². The van der Waals surface area contributed by atoms with Crippen LogP contribution < -0.4 is 4.90 Å². The molecule has 0 fully saturated rings. The summed E-state index contributed by atoms with van der Waals surface area (Å²) in [7, 11) is 1.98. The van der Waals surface area contributed by atoms with E-state index >= 15 is 0 Å². The number of rotatable bonds is 3. The number of hydrogen-bond donors (Lipinski definition) is 0. The molecule has 0 amide bonds. The highest BCUT2D eigenvalue weighted by Gasteiger charge is 2.03. The van der Waals surface area contributed by atoms with Gasteiger partial charge in [-0.2, -0.15) is 0 Å². The summed E-state index contributed by atoms with van der Waals surface area (Å²) < 4.78 is 12.8. The van der Waals surface area contributed by atoms with Gasteiger partial charge in [0.25, 0.3) is 0 Å². The molecule has 0 unspecified atom stereocenters. The highest BCUT2D eigenvalue weighted by atomic mass is 19.1. The van der Waals surface area contributed by atoms with Crippen molar-refractivity contribution in [2.75, 3.05) is 11.9 Å². The lowest BCUT2D eigenvalue weighted by molar-refractivity contribution is 0.628. The second kappa shape index (κ2) is 5.00. The normalized spacial score (nSPS) is 10.3. The van der Waals surface area contributed by atoms with Crippen molar-refractivity contribution in [3.8, 4) is 0 Å². The Bertz CT molecular complexity index is 473. The molecule has 2 rings (SSSR count). The molecule has 0 saturated carbocycles. The van der Waals surface area contributed by atoms with Crippen LogP contribution in [0.25, 0.3) is 0 Å². The van der Waals surface area contributed by atoms with Crippen LogP contribution in [0.5, 0.6) is 0 Å². The number of halogens is 1. The standard InChI is InChI=1S/C15H16FN/c1-3-12-4-8-14(9-5-12)17(2)15-10-6-13(16)7-11-15/h4-11H,3H2,1-2H3. The summed E-state index contributed by atoms with van der Waals surface area (Å²) in [5, 5.41) is 0. The monoisotopic (exact) mass is 229 g/mol. The molecule has 0 spiro atoms.